The van der Waals surface area contributed by atoms with Gasteiger partial charge in [-0.1, -0.05) is 30.4 Å². The van der Waals surface area contributed by atoms with Gasteiger partial charge in [-0.3, -0.25) is 0 Å². The fraction of sp³-hybridized carbons (Fsp3) is 0.308. The molecule has 0 bridgehead atoms. The molecule has 2 aromatic heterocycles. The molecule has 2 N–H and O–H groups in total. The van der Waals surface area contributed by atoms with E-state index in [1.807, 2.05) is 12.1 Å². The second-order valence-electron chi connectivity index (χ2n) is 4.35. The molecule has 20 heavy (non-hydrogen) atoms. The Morgan fingerprint density at radius 1 is 1.35 bits per heavy atom. The van der Waals surface area contributed by atoms with Crippen LogP contribution in [0.15, 0.2) is 24.3 Å². The number of nitrogen functional groups attached to an aromatic ring is 1. The zero-order valence-corrected chi connectivity index (χ0v) is 11.9. The van der Waals surface area contributed by atoms with Gasteiger partial charge in [0.25, 0.3) is 0 Å². The second-order valence-corrected chi connectivity index (χ2v) is 5.34. The molecule has 0 spiro atoms. The first kappa shape index (κ1) is 12.9. The average molecular weight is 289 g/mol. The molecular weight excluding hydrogens is 274 g/mol. The Hall–Kier alpha value is -2.15. The van der Waals surface area contributed by atoms with Crippen LogP contribution in [-0.2, 0) is 12.8 Å². The Kier molecular flexibility index (Phi) is 3.51. The molecule has 0 amide bonds. The summed E-state index contributed by atoms with van der Waals surface area (Å²) in [7, 11) is 0. The van der Waals surface area contributed by atoms with Crippen LogP contribution in [0, 0.1) is 0 Å². The van der Waals surface area contributed by atoms with Crippen molar-refractivity contribution >= 4 is 21.4 Å². The van der Waals surface area contributed by atoms with Crippen molar-refractivity contribution in [3.05, 3.63) is 35.7 Å². The van der Waals surface area contributed by atoms with Crippen LogP contribution in [0.2, 0.25) is 0 Å². The van der Waals surface area contributed by atoms with Crippen LogP contribution in [0.1, 0.15) is 18.3 Å². The Morgan fingerprint density at radius 3 is 3.10 bits per heavy atom. The van der Waals surface area contributed by atoms with Gasteiger partial charge in [0, 0.05) is 6.42 Å². The van der Waals surface area contributed by atoms with E-state index in [9.17, 15) is 0 Å². The summed E-state index contributed by atoms with van der Waals surface area (Å²) >= 11 is 1.32. The van der Waals surface area contributed by atoms with Gasteiger partial charge in [0.1, 0.15) is 5.75 Å². The predicted octanol–water partition coefficient (Wildman–Crippen LogP) is 1.95. The maximum atomic E-state index is 5.74. The summed E-state index contributed by atoms with van der Waals surface area (Å²) < 4.78 is 7.41. The number of aryl methyl sites for hydroxylation is 1. The van der Waals surface area contributed by atoms with Crippen molar-refractivity contribution in [2.24, 2.45) is 0 Å². The van der Waals surface area contributed by atoms with Gasteiger partial charge in [0.05, 0.1) is 6.61 Å². The number of ether oxygens (including phenoxy) is 1. The summed E-state index contributed by atoms with van der Waals surface area (Å²) in [5.41, 5.74) is 6.91. The van der Waals surface area contributed by atoms with E-state index in [4.69, 9.17) is 10.5 Å². The SMILES string of the molecule is CCc1cccc(OCCc2nnc3sc(N)nn23)c1. The first-order chi connectivity index (χ1) is 9.76. The predicted molar refractivity (Wildman–Crippen MR) is 78.1 cm³/mol. The number of anilines is 1. The molecule has 0 aliphatic rings. The average Bonchev–Trinajstić information content (AvgIpc) is 2.99. The molecule has 7 heteroatoms. The maximum Gasteiger partial charge on any atom is 0.236 e. The van der Waals surface area contributed by atoms with E-state index in [2.05, 4.69) is 34.4 Å². The molecule has 3 rings (SSSR count). The zero-order chi connectivity index (χ0) is 13.9. The Morgan fingerprint density at radius 2 is 2.25 bits per heavy atom. The van der Waals surface area contributed by atoms with Crippen molar-refractivity contribution in [1.29, 1.82) is 0 Å². The van der Waals surface area contributed by atoms with Crippen LogP contribution >= 0.6 is 11.3 Å². The third-order valence-corrected chi connectivity index (χ3v) is 3.70. The van der Waals surface area contributed by atoms with Crippen LogP contribution in [0.25, 0.3) is 4.96 Å². The lowest BCUT2D eigenvalue weighted by atomic mass is 10.2. The first-order valence-electron chi connectivity index (χ1n) is 6.44. The van der Waals surface area contributed by atoms with Crippen molar-refractivity contribution < 1.29 is 4.74 Å². The molecule has 3 aromatic rings. The van der Waals surface area contributed by atoms with Gasteiger partial charge < -0.3 is 10.5 Å². The van der Waals surface area contributed by atoms with E-state index in [0.717, 1.165) is 18.0 Å². The summed E-state index contributed by atoms with van der Waals surface area (Å²) in [4.78, 5) is 0.713. The molecular formula is C13H15N5OS. The lowest BCUT2D eigenvalue weighted by Gasteiger charge is -2.06. The molecule has 6 nitrogen and oxygen atoms in total. The molecule has 0 aliphatic heterocycles. The smallest absolute Gasteiger partial charge is 0.236 e. The number of fused-ring (bicyclic) bond motifs is 1. The number of hydrogen-bond acceptors (Lipinski definition) is 6. The largest absolute Gasteiger partial charge is 0.493 e. The normalized spacial score (nSPS) is 11.1. The number of nitrogens with two attached hydrogens (primary N) is 1. The van der Waals surface area contributed by atoms with Crippen LogP contribution in [-0.4, -0.2) is 26.4 Å². The van der Waals surface area contributed by atoms with Crippen LogP contribution in [0.3, 0.4) is 0 Å². The van der Waals surface area contributed by atoms with Gasteiger partial charge in [-0.15, -0.1) is 15.3 Å². The monoisotopic (exact) mass is 289 g/mol. The number of aromatic nitrogens is 4. The molecule has 1 aromatic carbocycles. The van der Waals surface area contributed by atoms with Crippen molar-refractivity contribution in [3.63, 3.8) is 0 Å². The maximum absolute atomic E-state index is 5.74. The van der Waals surface area contributed by atoms with E-state index < -0.39 is 0 Å². The molecule has 0 saturated heterocycles. The summed E-state index contributed by atoms with van der Waals surface area (Å²) in [6.07, 6.45) is 1.64. The summed E-state index contributed by atoms with van der Waals surface area (Å²) in [6.45, 7) is 2.66. The van der Waals surface area contributed by atoms with Crippen molar-refractivity contribution in [2.75, 3.05) is 12.3 Å². The Balaban J connectivity index is 1.64. The van der Waals surface area contributed by atoms with Gasteiger partial charge in [0.15, 0.2) is 5.82 Å². The summed E-state index contributed by atoms with van der Waals surface area (Å²) in [5, 5.41) is 12.8. The molecule has 0 saturated carbocycles. The van der Waals surface area contributed by atoms with E-state index in [0.29, 0.717) is 23.1 Å². The number of nitrogens with zero attached hydrogens (tertiary/aromatic N) is 4. The molecule has 0 unspecified atom stereocenters. The molecule has 0 atom stereocenters. The van der Waals surface area contributed by atoms with E-state index in [1.165, 1.54) is 16.9 Å². The number of benzene rings is 1. The topological polar surface area (TPSA) is 78.3 Å². The fourth-order valence-corrected chi connectivity index (χ4v) is 2.57. The molecule has 0 fully saturated rings. The van der Waals surface area contributed by atoms with Crippen molar-refractivity contribution in [3.8, 4) is 5.75 Å². The van der Waals surface area contributed by atoms with Crippen LogP contribution < -0.4 is 10.5 Å². The van der Waals surface area contributed by atoms with Crippen molar-refractivity contribution in [1.82, 2.24) is 19.8 Å². The lowest BCUT2D eigenvalue weighted by molar-refractivity contribution is 0.317. The number of hydrogen-bond donors (Lipinski definition) is 1. The molecule has 104 valence electrons. The highest BCUT2D eigenvalue weighted by Gasteiger charge is 2.10. The van der Waals surface area contributed by atoms with E-state index >= 15 is 0 Å². The quantitative estimate of drug-likeness (QED) is 0.776. The third kappa shape index (κ3) is 2.57. The molecule has 0 aliphatic carbocycles. The van der Waals surface area contributed by atoms with Gasteiger partial charge in [-0.2, -0.15) is 4.52 Å². The summed E-state index contributed by atoms with van der Waals surface area (Å²) in [6, 6.07) is 8.11. The molecule has 0 radical (unpaired) electrons. The minimum absolute atomic E-state index is 0.493. The Bertz CT molecular complexity index is 720. The highest BCUT2D eigenvalue weighted by Crippen LogP contribution is 2.16. The third-order valence-electron chi connectivity index (χ3n) is 2.97. The minimum Gasteiger partial charge on any atom is -0.493 e. The number of rotatable bonds is 5. The second kappa shape index (κ2) is 5.46. The highest BCUT2D eigenvalue weighted by atomic mass is 32.1. The van der Waals surface area contributed by atoms with Gasteiger partial charge >= 0.3 is 0 Å². The standard InChI is InChI=1S/C13H15N5OS/c1-2-9-4-3-5-10(8-9)19-7-6-11-15-16-13-18(11)17-12(14)20-13/h3-5,8H,2,6-7H2,1H3,(H2,14,17). The minimum atomic E-state index is 0.493. The molecule has 2 heterocycles. The van der Waals surface area contributed by atoms with Gasteiger partial charge in [0.2, 0.25) is 10.1 Å². The van der Waals surface area contributed by atoms with Crippen molar-refractivity contribution in [2.45, 2.75) is 19.8 Å². The fourth-order valence-electron chi connectivity index (χ4n) is 1.94. The van der Waals surface area contributed by atoms with Gasteiger partial charge in [-0.05, 0) is 24.1 Å². The lowest BCUT2D eigenvalue weighted by Crippen LogP contribution is -2.06. The Labute approximate surface area is 120 Å². The van der Waals surface area contributed by atoms with E-state index in [-0.39, 0.29) is 0 Å². The van der Waals surface area contributed by atoms with Crippen LogP contribution in [0.5, 0.6) is 5.75 Å². The van der Waals surface area contributed by atoms with E-state index in [1.54, 1.807) is 4.52 Å². The zero-order valence-electron chi connectivity index (χ0n) is 11.1. The first-order valence-corrected chi connectivity index (χ1v) is 7.26. The summed E-state index contributed by atoms with van der Waals surface area (Å²) in [5.74, 6) is 1.64. The van der Waals surface area contributed by atoms with Crippen LogP contribution in [0.4, 0.5) is 5.13 Å². The highest BCUT2D eigenvalue weighted by molar-refractivity contribution is 7.20. The van der Waals surface area contributed by atoms with Gasteiger partial charge in [-0.25, -0.2) is 0 Å².